The molecule has 7 heavy (non-hydrogen) atoms. The minimum Gasteiger partial charge on any atom is -0.410 e. The van der Waals surface area contributed by atoms with E-state index >= 15 is 0 Å². The summed E-state index contributed by atoms with van der Waals surface area (Å²) in [5.41, 5.74) is 0. The third-order valence-corrected chi connectivity index (χ3v) is 0.0786. The zero-order valence-electron chi connectivity index (χ0n) is 4.64. The van der Waals surface area contributed by atoms with Gasteiger partial charge in [0.2, 0.25) is 0 Å². The normalized spacial score (nSPS) is 2.86. The van der Waals surface area contributed by atoms with Gasteiger partial charge in [0.15, 0.2) is 0 Å². The van der Waals surface area contributed by atoms with Crippen LogP contribution in [0.2, 0.25) is 0 Å². The van der Waals surface area contributed by atoms with Crippen LogP contribution in [0.1, 0.15) is 0 Å². The summed E-state index contributed by atoms with van der Waals surface area (Å²) in [5, 5.41) is 0. The van der Waals surface area contributed by atoms with Gasteiger partial charge >= 0.3 is 31.1 Å². The number of hydrogen-bond acceptors (Lipinski definition) is 1. The van der Waals surface area contributed by atoms with E-state index in [9.17, 15) is 0 Å². The summed E-state index contributed by atoms with van der Waals surface area (Å²) >= 11 is 0. The van der Waals surface area contributed by atoms with E-state index in [0.29, 0.717) is 6.29 Å². The van der Waals surface area contributed by atoms with Crippen LogP contribution in [0.5, 0.6) is 0 Å². The maximum atomic E-state index is 8.99. The summed E-state index contributed by atoms with van der Waals surface area (Å²) in [6, 6.07) is 0. The van der Waals surface area contributed by atoms with Crippen molar-refractivity contribution in [2.75, 3.05) is 0 Å². The number of carbonyl (C=O) groups is 1. The summed E-state index contributed by atoms with van der Waals surface area (Å²) < 4.78 is 0. The zero-order valence-corrected chi connectivity index (χ0v) is 8.80. The summed E-state index contributed by atoms with van der Waals surface area (Å²) in [6.07, 6.45) is 1.47. The molecular formula is C5H9OU. The van der Waals surface area contributed by atoms with Crippen LogP contribution < -0.4 is 0 Å². The van der Waals surface area contributed by atoms with Gasteiger partial charge in [-0.15, -0.1) is 0 Å². The van der Waals surface area contributed by atoms with Crippen LogP contribution in [0.15, 0.2) is 6.08 Å². The maximum absolute atomic E-state index is 8.99. The molecule has 0 saturated carbocycles. The topological polar surface area (TPSA) is 17.1 Å². The first kappa shape index (κ1) is 26.0. The van der Waals surface area contributed by atoms with Gasteiger partial charge in [-0.05, 0) is 6.29 Å². The molecule has 0 unspecified atom stereocenters. The molecule has 0 aliphatic rings. The Bertz CT molecular complexity index is 29.1. The number of carbonyl (C=O) groups excluding carboxylic acids is 1. The van der Waals surface area contributed by atoms with Crippen molar-refractivity contribution >= 4 is 6.29 Å². The fraction of sp³-hybridized carbons (Fsp3) is 0. The van der Waals surface area contributed by atoms with Gasteiger partial charge in [0.25, 0.3) is 0 Å². The van der Waals surface area contributed by atoms with E-state index in [2.05, 4.69) is 6.58 Å². The predicted octanol–water partition coefficient (Wildman–Crippen LogP) is 1.08. The average Bonchev–Trinajstić information content (AvgIpc) is 1.37. The Labute approximate surface area is 69.6 Å². The quantitative estimate of drug-likeness (QED) is 0.401. The van der Waals surface area contributed by atoms with E-state index in [4.69, 9.17) is 4.79 Å². The number of rotatable bonds is 1. The average molecular weight is 323 g/mol. The molecule has 0 aromatic rings. The third-order valence-electron chi connectivity index (χ3n) is 0.0786. The second-order valence-corrected chi connectivity index (χ2v) is 0.329. The first-order valence-electron chi connectivity index (χ1n) is 0.902. The van der Waals surface area contributed by atoms with Crippen LogP contribution >= 0.6 is 0 Å². The van der Waals surface area contributed by atoms with Crippen molar-refractivity contribution in [3.8, 4) is 0 Å². The Morgan fingerprint density at radius 3 is 1.43 bits per heavy atom. The van der Waals surface area contributed by atoms with E-state index in [-0.39, 0.29) is 46.0 Å². The fourth-order valence-corrected chi connectivity index (χ4v) is 0. The summed E-state index contributed by atoms with van der Waals surface area (Å²) in [4.78, 5) is 8.99. The largest absolute Gasteiger partial charge is 3.00 e. The standard InChI is InChI=1S/C3H3O.2CH3.U/c1-2-3-4;;;/h1-3H;2*1H3;/q3*-1;+3. The number of allylic oxidation sites excluding steroid dienone is 1. The number of aldehydes is 1. The molecule has 0 saturated heterocycles. The molecule has 0 N–H and O–H groups in total. The van der Waals surface area contributed by atoms with E-state index in [1.54, 1.807) is 0 Å². The minimum absolute atomic E-state index is 0. The van der Waals surface area contributed by atoms with Gasteiger partial charge in [0.05, 0.1) is 0 Å². The van der Waals surface area contributed by atoms with Crippen molar-refractivity contribution in [2.24, 2.45) is 0 Å². The van der Waals surface area contributed by atoms with Crippen LogP contribution in [0.4, 0.5) is 0 Å². The molecule has 0 atom stereocenters. The smallest absolute Gasteiger partial charge is 0.410 e. The Hall–Kier alpha value is 0.462. The van der Waals surface area contributed by atoms with Crippen molar-refractivity contribution in [3.63, 3.8) is 0 Å². The Balaban J connectivity index is -0.0000000150. The van der Waals surface area contributed by atoms with Crippen LogP contribution in [0.25, 0.3) is 0 Å². The van der Waals surface area contributed by atoms with Gasteiger partial charge in [-0.25, -0.2) is 6.08 Å². The van der Waals surface area contributed by atoms with Gasteiger partial charge in [-0.3, -0.25) is 6.58 Å². The molecule has 0 heterocycles. The molecule has 39 valence electrons. The Morgan fingerprint density at radius 2 is 1.43 bits per heavy atom. The predicted molar refractivity (Wildman–Crippen MR) is 27.8 cm³/mol. The Kier molecular flexibility index (Phi) is 118. The molecule has 0 aromatic carbocycles. The van der Waals surface area contributed by atoms with E-state index in [0.717, 1.165) is 6.08 Å². The van der Waals surface area contributed by atoms with Crippen LogP contribution in [-0.2, 0) is 4.79 Å². The molecule has 0 rings (SSSR count). The molecule has 0 amide bonds. The third kappa shape index (κ3) is 60.2. The summed E-state index contributed by atoms with van der Waals surface area (Å²) in [7, 11) is 0. The monoisotopic (exact) mass is 323 g/mol. The van der Waals surface area contributed by atoms with E-state index < -0.39 is 0 Å². The van der Waals surface area contributed by atoms with Crippen molar-refractivity contribution in [1.82, 2.24) is 0 Å². The van der Waals surface area contributed by atoms with Crippen molar-refractivity contribution in [1.29, 1.82) is 0 Å². The van der Waals surface area contributed by atoms with Gasteiger partial charge in [0.1, 0.15) is 0 Å². The van der Waals surface area contributed by atoms with Gasteiger partial charge in [0, 0.05) is 0 Å². The molecule has 1 radical (unpaired) electrons. The molecule has 0 bridgehead atoms. The molecule has 0 aliphatic heterocycles. The molecule has 1 nitrogen and oxygen atoms in total. The second kappa shape index (κ2) is 31.8. The van der Waals surface area contributed by atoms with Crippen LogP contribution in [0, 0.1) is 52.5 Å². The summed E-state index contributed by atoms with van der Waals surface area (Å²) in [6.45, 7) is 4.53. The van der Waals surface area contributed by atoms with Crippen molar-refractivity contribution in [3.05, 3.63) is 27.5 Å². The molecule has 0 spiro atoms. The van der Waals surface area contributed by atoms with Gasteiger partial charge < -0.3 is 19.6 Å². The molecular weight excluding hydrogens is 314 g/mol. The fourth-order valence-electron chi connectivity index (χ4n) is 0. The second-order valence-electron chi connectivity index (χ2n) is 0.329. The van der Waals surface area contributed by atoms with E-state index in [1.807, 2.05) is 0 Å². The summed E-state index contributed by atoms with van der Waals surface area (Å²) in [5.74, 6) is 0. The zero-order chi connectivity index (χ0) is 3.41. The van der Waals surface area contributed by atoms with Gasteiger partial charge in [-0.2, -0.15) is 0 Å². The SMILES string of the molecule is [CH-]=CC=O.[CH3-].[CH3-].[U+3]. The van der Waals surface area contributed by atoms with Crippen molar-refractivity contribution in [2.45, 2.75) is 0 Å². The Morgan fingerprint density at radius 1 is 1.29 bits per heavy atom. The van der Waals surface area contributed by atoms with Gasteiger partial charge in [-0.1, -0.05) is 0 Å². The molecule has 0 aromatic heterocycles. The minimum atomic E-state index is 0. The van der Waals surface area contributed by atoms with E-state index in [1.165, 1.54) is 0 Å². The molecule has 2 heteroatoms. The van der Waals surface area contributed by atoms with Crippen LogP contribution in [0.3, 0.4) is 0 Å². The molecule has 0 fully saturated rings. The van der Waals surface area contributed by atoms with Crippen molar-refractivity contribution < 1.29 is 35.9 Å². The first-order valence-corrected chi connectivity index (χ1v) is 0.902. The molecule has 0 aliphatic carbocycles. The first-order chi connectivity index (χ1) is 1.91. The van der Waals surface area contributed by atoms with Crippen LogP contribution in [-0.4, -0.2) is 6.29 Å². The maximum Gasteiger partial charge on any atom is 3.00 e. The number of hydrogen-bond donors (Lipinski definition) is 0.